The summed E-state index contributed by atoms with van der Waals surface area (Å²) in [6.07, 6.45) is 2.31. The van der Waals surface area contributed by atoms with Crippen LogP contribution in [-0.2, 0) is 23.5 Å². The topological polar surface area (TPSA) is 116 Å². The van der Waals surface area contributed by atoms with Crippen LogP contribution in [0.25, 0.3) is 0 Å². The Hall–Kier alpha value is -1.52. The molecule has 0 atom stereocenters. The van der Waals surface area contributed by atoms with Crippen LogP contribution in [0.2, 0.25) is 0 Å². The molecule has 0 aliphatic carbocycles. The lowest BCUT2D eigenvalue weighted by molar-refractivity contribution is 0.579. The standard InChI is InChI=1S/C8H12N6O2S2/c1-14-5-3-6(13-14)2-4-10-18(15,16)8-12-11-7(9)17-8/h3,5,10H,2,4H2,1H3,(H2,9,11). The van der Waals surface area contributed by atoms with Gasteiger partial charge < -0.3 is 5.73 Å². The van der Waals surface area contributed by atoms with Crippen LogP contribution in [0.15, 0.2) is 16.6 Å². The van der Waals surface area contributed by atoms with Gasteiger partial charge in [-0.1, -0.05) is 11.3 Å². The van der Waals surface area contributed by atoms with Gasteiger partial charge in [0.1, 0.15) is 0 Å². The maximum Gasteiger partial charge on any atom is 0.269 e. The first-order chi connectivity index (χ1) is 8.47. The van der Waals surface area contributed by atoms with Gasteiger partial charge in [-0.15, -0.1) is 10.2 Å². The highest BCUT2D eigenvalue weighted by Gasteiger charge is 2.18. The van der Waals surface area contributed by atoms with E-state index in [1.807, 2.05) is 6.07 Å². The SMILES string of the molecule is Cn1ccc(CCNS(=O)(=O)c2nnc(N)s2)n1. The summed E-state index contributed by atoms with van der Waals surface area (Å²) in [6.45, 7) is 0.249. The lowest BCUT2D eigenvalue weighted by Crippen LogP contribution is -2.26. The average Bonchev–Trinajstić information content (AvgIpc) is 2.88. The van der Waals surface area contributed by atoms with E-state index in [9.17, 15) is 8.42 Å². The Balaban J connectivity index is 1.93. The number of hydrogen-bond donors (Lipinski definition) is 2. The highest BCUT2D eigenvalue weighted by Crippen LogP contribution is 2.16. The number of rotatable bonds is 5. The second kappa shape index (κ2) is 5.00. The van der Waals surface area contributed by atoms with Crippen molar-refractivity contribution in [1.29, 1.82) is 0 Å². The van der Waals surface area contributed by atoms with Gasteiger partial charge in [-0.2, -0.15) is 5.10 Å². The van der Waals surface area contributed by atoms with Crippen molar-refractivity contribution in [2.45, 2.75) is 10.8 Å². The normalized spacial score (nSPS) is 11.8. The van der Waals surface area contributed by atoms with Crippen LogP contribution in [0.4, 0.5) is 5.13 Å². The first-order valence-corrected chi connectivity index (χ1v) is 7.34. The van der Waals surface area contributed by atoms with Crippen molar-refractivity contribution in [1.82, 2.24) is 24.7 Å². The Labute approximate surface area is 108 Å². The molecule has 2 aromatic heterocycles. The van der Waals surface area contributed by atoms with Crippen molar-refractivity contribution < 1.29 is 8.42 Å². The van der Waals surface area contributed by atoms with Gasteiger partial charge in [0.15, 0.2) is 0 Å². The highest BCUT2D eigenvalue weighted by atomic mass is 32.2. The molecule has 2 heterocycles. The summed E-state index contributed by atoms with van der Waals surface area (Å²) in [5.41, 5.74) is 6.15. The molecular formula is C8H12N6O2S2. The van der Waals surface area contributed by atoms with E-state index in [2.05, 4.69) is 20.0 Å². The number of nitrogens with zero attached hydrogens (tertiary/aromatic N) is 4. The molecule has 0 bridgehead atoms. The minimum absolute atomic E-state index is 0.124. The summed E-state index contributed by atoms with van der Waals surface area (Å²) < 4.78 is 27.5. The zero-order valence-electron chi connectivity index (χ0n) is 9.57. The number of aromatic nitrogens is 4. The number of nitrogens with two attached hydrogens (primary N) is 1. The first-order valence-electron chi connectivity index (χ1n) is 5.04. The zero-order chi connectivity index (χ0) is 13.2. The molecule has 0 radical (unpaired) electrons. The largest absolute Gasteiger partial charge is 0.374 e. The van der Waals surface area contributed by atoms with Crippen molar-refractivity contribution in [2.75, 3.05) is 12.3 Å². The molecule has 8 nitrogen and oxygen atoms in total. The molecule has 0 spiro atoms. The van der Waals surface area contributed by atoms with E-state index in [1.165, 1.54) is 0 Å². The van der Waals surface area contributed by atoms with Crippen molar-refractivity contribution in [3.05, 3.63) is 18.0 Å². The molecule has 0 aliphatic heterocycles. The third-order valence-corrected chi connectivity index (χ3v) is 4.67. The Morgan fingerprint density at radius 2 is 2.28 bits per heavy atom. The smallest absolute Gasteiger partial charge is 0.269 e. The number of aryl methyl sites for hydroxylation is 1. The summed E-state index contributed by atoms with van der Waals surface area (Å²) >= 11 is 0.830. The molecule has 0 aromatic carbocycles. The summed E-state index contributed by atoms with van der Waals surface area (Å²) in [7, 11) is -1.82. The van der Waals surface area contributed by atoms with E-state index in [1.54, 1.807) is 17.9 Å². The molecule has 18 heavy (non-hydrogen) atoms. The predicted molar refractivity (Wildman–Crippen MR) is 66.4 cm³/mol. The van der Waals surface area contributed by atoms with Gasteiger partial charge in [-0.25, -0.2) is 13.1 Å². The van der Waals surface area contributed by atoms with Crippen LogP contribution in [-0.4, -0.2) is 34.9 Å². The predicted octanol–water partition coefficient (Wildman–Crippen LogP) is -0.625. The molecule has 2 aromatic rings. The second-order valence-electron chi connectivity index (χ2n) is 3.53. The number of nitrogen functional groups attached to an aromatic ring is 1. The van der Waals surface area contributed by atoms with E-state index in [-0.39, 0.29) is 16.0 Å². The average molecular weight is 288 g/mol. The van der Waals surface area contributed by atoms with Crippen LogP contribution >= 0.6 is 11.3 Å². The fourth-order valence-electron chi connectivity index (χ4n) is 1.30. The van der Waals surface area contributed by atoms with Crippen molar-refractivity contribution in [3.8, 4) is 0 Å². The lowest BCUT2D eigenvalue weighted by atomic mass is 10.3. The molecule has 0 saturated heterocycles. The van der Waals surface area contributed by atoms with Crippen LogP contribution < -0.4 is 10.5 Å². The van der Waals surface area contributed by atoms with E-state index in [4.69, 9.17) is 5.73 Å². The minimum Gasteiger partial charge on any atom is -0.374 e. The monoisotopic (exact) mass is 288 g/mol. The molecular weight excluding hydrogens is 276 g/mol. The Kier molecular flexibility index (Phi) is 3.59. The fourth-order valence-corrected chi connectivity index (χ4v) is 3.16. The van der Waals surface area contributed by atoms with Crippen LogP contribution in [0, 0.1) is 0 Å². The molecule has 3 N–H and O–H groups in total. The van der Waals surface area contributed by atoms with E-state index in [0.29, 0.717) is 6.42 Å². The lowest BCUT2D eigenvalue weighted by Gasteiger charge is -2.01. The highest BCUT2D eigenvalue weighted by molar-refractivity contribution is 7.91. The third kappa shape index (κ3) is 3.03. The second-order valence-corrected chi connectivity index (χ2v) is 6.48. The summed E-state index contributed by atoms with van der Waals surface area (Å²) in [5, 5.41) is 11.2. The van der Waals surface area contributed by atoms with Gasteiger partial charge in [-0.3, -0.25) is 4.68 Å². The number of hydrogen-bond acceptors (Lipinski definition) is 7. The summed E-state index contributed by atoms with van der Waals surface area (Å²) in [5.74, 6) is 0. The van der Waals surface area contributed by atoms with E-state index < -0.39 is 10.0 Å². The minimum atomic E-state index is -3.62. The van der Waals surface area contributed by atoms with E-state index >= 15 is 0 Å². The maximum absolute atomic E-state index is 11.8. The summed E-state index contributed by atoms with van der Waals surface area (Å²) in [6, 6.07) is 1.83. The molecule has 0 amide bonds. The quantitative estimate of drug-likeness (QED) is 0.757. The molecule has 0 saturated carbocycles. The van der Waals surface area contributed by atoms with Crippen LogP contribution in [0.3, 0.4) is 0 Å². The Morgan fingerprint density at radius 3 is 2.83 bits per heavy atom. The maximum atomic E-state index is 11.8. The van der Waals surface area contributed by atoms with Gasteiger partial charge in [0, 0.05) is 26.2 Å². The number of nitrogens with one attached hydrogen (secondary N) is 1. The van der Waals surface area contributed by atoms with Crippen molar-refractivity contribution in [3.63, 3.8) is 0 Å². The fraction of sp³-hybridized carbons (Fsp3) is 0.375. The van der Waals surface area contributed by atoms with Crippen LogP contribution in [0.1, 0.15) is 5.69 Å². The molecule has 0 aliphatic rings. The third-order valence-electron chi connectivity index (χ3n) is 2.09. The van der Waals surface area contributed by atoms with Gasteiger partial charge >= 0.3 is 0 Å². The Morgan fingerprint density at radius 1 is 1.50 bits per heavy atom. The molecule has 10 heteroatoms. The van der Waals surface area contributed by atoms with E-state index in [0.717, 1.165) is 17.0 Å². The van der Waals surface area contributed by atoms with Crippen molar-refractivity contribution in [2.24, 2.45) is 7.05 Å². The first kappa shape index (κ1) is 12.9. The molecule has 0 fully saturated rings. The van der Waals surface area contributed by atoms with Gasteiger partial charge in [0.25, 0.3) is 10.0 Å². The van der Waals surface area contributed by atoms with Gasteiger partial charge in [0.05, 0.1) is 5.69 Å². The summed E-state index contributed by atoms with van der Waals surface area (Å²) in [4.78, 5) is 0. The number of sulfonamides is 1. The van der Waals surface area contributed by atoms with Crippen LogP contribution in [0.5, 0.6) is 0 Å². The number of anilines is 1. The molecule has 0 unspecified atom stereocenters. The zero-order valence-corrected chi connectivity index (χ0v) is 11.2. The molecule has 98 valence electrons. The Bertz CT molecular complexity index is 632. The van der Waals surface area contributed by atoms with Crippen molar-refractivity contribution >= 4 is 26.5 Å². The van der Waals surface area contributed by atoms with Gasteiger partial charge in [-0.05, 0) is 6.07 Å². The van der Waals surface area contributed by atoms with Gasteiger partial charge in [0.2, 0.25) is 9.47 Å². The molecule has 2 rings (SSSR count).